The van der Waals surface area contributed by atoms with Crippen LogP contribution in [0.2, 0.25) is 0 Å². The summed E-state index contributed by atoms with van der Waals surface area (Å²) in [6.45, 7) is 6.85. The van der Waals surface area contributed by atoms with Crippen LogP contribution in [0, 0.1) is 17.8 Å². The second-order valence-corrected chi connectivity index (χ2v) is 10.1. The van der Waals surface area contributed by atoms with Crippen LogP contribution < -0.4 is 5.32 Å². The lowest BCUT2D eigenvalue weighted by molar-refractivity contribution is -0.0165. The lowest BCUT2D eigenvalue weighted by atomic mass is 9.53. The molecule has 5 aliphatic rings. The molecule has 0 aromatic heterocycles. The zero-order chi connectivity index (χ0) is 19.1. The molecule has 28 heavy (non-hydrogen) atoms. The Morgan fingerprint density at radius 2 is 1.46 bits per heavy atom. The van der Waals surface area contributed by atoms with Crippen molar-refractivity contribution in [2.45, 2.75) is 64.0 Å². The SMILES string of the molecule is CCc1ccc(CN2CCN(C(=O)NC34CC5CC(CC(C5)C3)C4)CC2)cc1. The molecule has 0 unspecified atom stereocenters. The number of aryl methyl sites for hydroxylation is 1. The van der Waals surface area contributed by atoms with Crippen molar-refractivity contribution in [3.63, 3.8) is 0 Å². The van der Waals surface area contributed by atoms with Gasteiger partial charge in [-0.25, -0.2) is 4.79 Å². The Labute approximate surface area is 169 Å². The number of amides is 2. The summed E-state index contributed by atoms with van der Waals surface area (Å²) in [6.07, 6.45) is 9.07. The van der Waals surface area contributed by atoms with Gasteiger partial charge in [0, 0.05) is 38.3 Å². The third kappa shape index (κ3) is 3.68. The highest BCUT2D eigenvalue weighted by Gasteiger charge is 2.51. The summed E-state index contributed by atoms with van der Waals surface area (Å²) in [6, 6.07) is 9.19. The van der Waals surface area contributed by atoms with E-state index >= 15 is 0 Å². The molecule has 1 aromatic carbocycles. The molecule has 1 heterocycles. The van der Waals surface area contributed by atoms with Gasteiger partial charge in [0.15, 0.2) is 0 Å². The maximum atomic E-state index is 13.0. The van der Waals surface area contributed by atoms with Gasteiger partial charge < -0.3 is 10.2 Å². The number of hydrogen-bond donors (Lipinski definition) is 1. The molecule has 152 valence electrons. The molecule has 4 heteroatoms. The fraction of sp³-hybridized carbons (Fsp3) is 0.708. The molecule has 1 aliphatic heterocycles. The number of rotatable bonds is 4. The van der Waals surface area contributed by atoms with Gasteiger partial charge in [-0.1, -0.05) is 31.2 Å². The third-order valence-corrected chi connectivity index (χ3v) is 7.91. The van der Waals surface area contributed by atoms with E-state index in [0.29, 0.717) is 0 Å². The highest BCUT2D eigenvalue weighted by molar-refractivity contribution is 5.75. The van der Waals surface area contributed by atoms with Crippen LogP contribution in [0.5, 0.6) is 0 Å². The Morgan fingerprint density at radius 3 is 2.00 bits per heavy atom. The average Bonchev–Trinajstić information content (AvgIpc) is 2.68. The Kier molecular flexibility index (Phi) is 4.86. The molecule has 1 N–H and O–H groups in total. The minimum absolute atomic E-state index is 0.129. The van der Waals surface area contributed by atoms with Crippen LogP contribution >= 0.6 is 0 Å². The highest BCUT2D eigenvalue weighted by Crippen LogP contribution is 2.55. The monoisotopic (exact) mass is 381 g/mol. The van der Waals surface area contributed by atoms with Gasteiger partial charge >= 0.3 is 6.03 Å². The Morgan fingerprint density at radius 1 is 0.929 bits per heavy atom. The Balaban J connectivity index is 1.13. The van der Waals surface area contributed by atoms with Crippen LogP contribution in [-0.4, -0.2) is 47.5 Å². The van der Waals surface area contributed by atoms with Crippen LogP contribution in [0.4, 0.5) is 4.79 Å². The normalized spacial score (nSPS) is 34.6. The van der Waals surface area contributed by atoms with Crippen molar-refractivity contribution in [3.8, 4) is 0 Å². The molecule has 4 nitrogen and oxygen atoms in total. The Bertz CT molecular complexity index is 670. The van der Waals surface area contributed by atoms with Crippen molar-refractivity contribution in [2.24, 2.45) is 17.8 Å². The van der Waals surface area contributed by atoms with Crippen LogP contribution in [-0.2, 0) is 13.0 Å². The standard InChI is InChI=1S/C24H35N3O/c1-2-18-3-5-19(6-4-18)17-26-7-9-27(10-8-26)23(28)25-24-14-20-11-21(15-24)13-22(12-20)16-24/h3-6,20-22H,2,7-17H2,1H3,(H,25,28). The molecular weight excluding hydrogens is 346 g/mol. The topological polar surface area (TPSA) is 35.6 Å². The maximum absolute atomic E-state index is 13.0. The molecule has 4 bridgehead atoms. The van der Waals surface area contributed by atoms with E-state index < -0.39 is 0 Å². The van der Waals surface area contributed by atoms with Crippen LogP contribution in [0.15, 0.2) is 24.3 Å². The largest absolute Gasteiger partial charge is 0.333 e. The first kappa shape index (κ1) is 18.5. The second-order valence-electron chi connectivity index (χ2n) is 10.1. The van der Waals surface area contributed by atoms with Gasteiger partial charge in [0.1, 0.15) is 0 Å². The van der Waals surface area contributed by atoms with Gasteiger partial charge in [-0.2, -0.15) is 0 Å². The van der Waals surface area contributed by atoms with Gasteiger partial charge in [-0.3, -0.25) is 4.90 Å². The van der Waals surface area contributed by atoms with Crippen LogP contribution in [0.25, 0.3) is 0 Å². The average molecular weight is 382 g/mol. The minimum Gasteiger partial charge on any atom is -0.333 e. The molecular formula is C24H35N3O. The molecule has 4 aliphatic carbocycles. The fourth-order valence-electron chi connectivity index (χ4n) is 6.82. The van der Waals surface area contributed by atoms with Gasteiger partial charge in [0.05, 0.1) is 0 Å². The molecule has 6 rings (SSSR count). The predicted octanol–water partition coefficient (Wildman–Crippen LogP) is 4.05. The molecule has 1 aromatic rings. The van der Waals surface area contributed by atoms with Crippen LogP contribution in [0.3, 0.4) is 0 Å². The van der Waals surface area contributed by atoms with Gasteiger partial charge in [0.2, 0.25) is 0 Å². The molecule has 5 fully saturated rings. The van der Waals surface area contributed by atoms with Crippen molar-refractivity contribution in [2.75, 3.05) is 26.2 Å². The summed E-state index contributed by atoms with van der Waals surface area (Å²) >= 11 is 0. The van der Waals surface area contributed by atoms with E-state index in [2.05, 4.69) is 46.3 Å². The molecule has 0 spiro atoms. The molecule has 4 saturated carbocycles. The third-order valence-electron chi connectivity index (χ3n) is 7.91. The number of piperazine rings is 1. The zero-order valence-corrected chi connectivity index (χ0v) is 17.3. The number of urea groups is 1. The lowest BCUT2D eigenvalue weighted by Gasteiger charge is -2.57. The zero-order valence-electron chi connectivity index (χ0n) is 17.3. The van der Waals surface area contributed by atoms with Gasteiger partial charge in [-0.05, 0) is 73.8 Å². The summed E-state index contributed by atoms with van der Waals surface area (Å²) in [4.78, 5) is 17.6. The van der Waals surface area contributed by atoms with E-state index in [1.807, 2.05) is 0 Å². The van der Waals surface area contributed by atoms with E-state index in [4.69, 9.17) is 0 Å². The number of benzene rings is 1. The summed E-state index contributed by atoms with van der Waals surface area (Å²) in [5, 5.41) is 3.54. The van der Waals surface area contributed by atoms with E-state index in [-0.39, 0.29) is 11.6 Å². The smallest absolute Gasteiger partial charge is 0.317 e. The number of hydrogen-bond acceptors (Lipinski definition) is 2. The fourth-order valence-corrected chi connectivity index (χ4v) is 6.82. The molecule has 2 amide bonds. The second kappa shape index (κ2) is 7.37. The van der Waals surface area contributed by atoms with Crippen molar-refractivity contribution >= 4 is 6.03 Å². The van der Waals surface area contributed by atoms with Crippen LogP contribution in [0.1, 0.15) is 56.6 Å². The van der Waals surface area contributed by atoms with E-state index in [1.165, 1.54) is 49.7 Å². The quantitative estimate of drug-likeness (QED) is 0.854. The first-order chi connectivity index (χ1) is 13.6. The van der Waals surface area contributed by atoms with Crippen molar-refractivity contribution in [3.05, 3.63) is 35.4 Å². The minimum atomic E-state index is 0.129. The highest BCUT2D eigenvalue weighted by atomic mass is 16.2. The van der Waals surface area contributed by atoms with E-state index in [9.17, 15) is 4.79 Å². The summed E-state index contributed by atoms with van der Waals surface area (Å²) < 4.78 is 0. The summed E-state index contributed by atoms with van der Waals surface area (Å²) in [7, 11) is 0. The van der Waals surface area contributed by atoms with Gasteiger partial charge in [-0.15, -0.1) is 0 Å². The summed E-state index contributed by atoms with van der Waals surface area (Å²) in [5.74, 6) is 2.63. The number of nitrogens with one attached hydrogen (secondary N) is 1. The maximum Gasteiger partial charge on any atom is 0.317 e. The Hall–Kier alpha value is -1.55. The molecule has 0 atom stereocenters. The number of carbonyl (C=O) groups excluding carboxylic acids is 1. The first-order valence-electron chi connectivity index (χ1n) is 11.5. The lowest BCUT2D eigenvalue weighted by Crippen LogP contribution is -2.63. The van der Waals surface area contributed by atoms with Gasteiger partial charge in [0.25, 0.3) is 0 Å². The summed E-state index contributed by atoms with van der Waals surface area (Å²) in [5.41, 5.74) is 2.91. The van der Waals surface area contributed by atoms with E-state index in [0.717, 1.165) is 56.9 Å². The van der Waals surface area contributed by atoms with Crippen molar-refractivity contribution < 1.29 is 4.79 Å². The molecule has 0 radical (unpaired) electrons. The van der Waals surface area contributed by atoms with Crippen molar-refractivity contribution in [1.29, 1.82) is 0 Å². The first-order valence-corrected chi connectivity index (χ1v) is 11.5. The van der Waals surface area contributed by atoms with E-state index in [1.54, 1.807) is 0 Å². The predicted molar refractivity (Wildman–Crippen MR) is 112 cm³/mol. The number of nitrogens with zero attached hydrogens (tertiary/aromatic N) is 2. The van der Waals surface area contributed by atoms with Crippen molar-refractivity contribution in [1.82, 2.24) is 15.1 Å². The molecule has 1 saturated heterocycles. The number of carbonyl (C=O) groups is 1.